The Bertz CT molecular complexity index is 875. The molecule has 0 radical (unpaired) electrons. The van der Waals surface area contributed by atoms with Gasteiger partial charge in [0.2, 0.25) is 0 Å². The van der Waals surface area contributed by atoms with Crippen LogP contribution in [0.4, 0.5) is 5.69 Å². The molecule has 1 N–H and O–H groups in total. The molecule has 0 amide bonds. The number of thiophene rings is 1. The lowest BCUT2D eigenvalue weighted by Gasteiger charge is -2.05. The molecule has 22 heavy (non-hydrogen) atoms. The average molecular weight is 351 g/mol. The van der Waals surface area contributed by atoms with Crippen molar-refractivity contribution in [2.45, 2.75) is 4.21 Å². The van der Waals surface area contributed by atoms with E-state index in [1.807, 2.05) is 18.2 Å². The van der Waals surface area contributed by atoms with Gasteiger partial charge in [0.25, 0.3) is 10.0 Å². The number of benzene rings is 1. The summed E-state index contributed by atoms with van der Waals surface area (Å²) in [4.78, 5) is 5.02. The summed E-state index contributed by atoms with van der Waals surface area (Å²) in [5.41, 5.74) is 1.22. The third-order valence-electron chi connectivity index (χ3n) is 2.86. The molecule has 3 aromatic rings. The van der Waals surface area contributed by atoms with E-state index in [2.05, 4.69) is 9.71 Å². The molecule has 3 rings (SSSR count). The monoisotopic (exact) mass is 350 g/mol. The third-order valence-corrected chi connectivity index (χ3v) is 6.09. The minimum atomic E-state index is -3.62. The summed E-state index contributed by atoms with van der Waals surface area (Å²) in [5, 5.41) is 0.552. The summed E-state index contributed by atoms with van der Waals surface area (Å²) in [6.45, 7) is 0. The van der Waals surface area contributed by atoms with Crippen LogP contribution >= 0.6 is 22.9 Å². The second-order valence-electron chi connectivity index (χ2n) is 4.45. The zero-order chi connectivity index (χ0) is 15.6. The number of sulfonamides is 1. The number of nitrogens with zero attached hydrogens (tertiary/aromatic N) is 1. The highest BCUT2D eigenvalue weighted by molar-refractivity contribution is 7.94. The second-order valence-corrected chi connectivity index (χ2v) is 7.88. The van der Waals surface area contributed by atoms with Crippen LogP contribution in [-0.4, -0.2) is 13.4 Å². The van der Waals surface area contributed by atoms with Crippen LogP contribution in [0.15, 0.2) is 65.0 Å². The molecule has 2 heterocycles. The highest BCUT2D eigenvalue weighted by Crippen LogP contribution is 2.30. The van der Waals surface area contributed by atoms with Gasteiger partial charge in [-0.05, 0) is 48.5 Å². The molecular formula is C15H11ClN2O2S2. The molecule has 0 unspecified atom stereocenters. The van der Waals surface area contributed by atoms with Crippen LogP contribution in [0.5, 0.6) is 0 Å². The van der Waals surface area contributed by atoms with Crippen molar-refractivity contribution in [3.63, 3.8) is 0 Å². The maximum absolute atomic E-state index is 12.4. The zero-order valence-electron chi connectivity index (χ0n) is 11.2. The predicted octanol–water partition coefficient (Wildman–Crippen LogP) is 4.26. The van der Waals surface area contributed by atoms with Gasteiger partial charge in [-0.3, -0.25) is 9.71 Å². The first-order valence-corrected chi connectivity index (χ1v) is 9.02. The lowest BCUT2D eigenvalue weighted by molar-refractivity contribution is 0.603. The first kappa shape index (κ1) is 15.0. The Morgan fingerprint density at radius 1 is 1.00 bits per heavy atom. The quantitative estimate of drug-likeness (QED) is 0.764. The summed E-state index contributed by atoms with van der Waals surface area (Å²) in [5.74, 6) is 0. The molecular weight excluding hydrogens is 340 g/mol. The minimum Gasteiger partial charge on any atom is -0.279 e. The highest BCUT2D eigenvalue weighted by Gasteiger charge is 2.17. The molecule has 0 atom stereocenters. The van der Waals surface area contributed by atoms with Crippen LogP contribution in [0.2, 0.25) is 5.02 Å². The van der Waals surface area contributed by atoms with E-state index >= 15 is 0 Å². The number of anilines is 1. The van der Waals surface area contributed by atoms with Crippen LogP contribution in [0.1, 0.15) is 0 Å². The Morgan fingerprint density at radius 3 is 2.45 bits per heavy atom. The number of aromatic nitrogens is 1. The van der Waals surface area contributed by atoms with Crippen LogP contribution in [-0.2, 0) is 10.0 Å². The maximum atomic E-state index is 12.4. The molecule has 2 aromatic heterocycles. The minimum absolute atomic E-state index is 0.239. The molecule has 112 valence electrons. The van der Waals surface area contributed by atoms with Crippen LogP contribution < -0.4 is 4.72 Å². The van der Waals surface area contributed by atoms with E-state index in [4.69, 9.17) is 11.6 Å². The first-order valence-electron chi connectivity index (χ1n) is 6.34. The summed E-state index contributed by atoms with van der Waals surface area (Å²) >= 11 is 6.97. The molecule has 0 spiro atoms. The van der Waals surface area contributed by atoms with Crippen molar-refractivity contribution >= 4 is 38.6 Å². The molecule has 0 bridgehead atoms. The Morgan fingerprint density at radius 2 is 1.77 bits per heavy atom. The van der Waals surface area contributed by atoms with Gasteiger partial charge in [-0.2, -0.15) is 0 Å². The van der Waals surface area contributed by atoms with E-state index in [0.717, 1.165) is 10.6 Å². The first-order chi connectivity index (χ1) is 10.5. The number of rotatable bonds is 4. The summed E-state index contributed by atoms with van der Waals surface area (Å²) < 4.78 is 27.5. The van der Waals surface area contributed by atoms with Gasteiger partial charge in [0.15, 0.2) is 0 Å². The van der Waals surface area contributed by atoms with Crippen molar-refractivity contribution in [1.82, 2.24) is 4.98 Å². The van der Waals surface area contributed by atoms with E-state index < -0.39 is 10.0 Å². The average Bonchev–Trinajstić information content (AvgIpc) is 3.01. The number of hydrogen-bond acceptors (Lipinski definition) is 4. The Hall–Kier alpha value is -1.89. The standard InChI is InChI=1S/C15H11ClN2O2S2/c16-11-4-6-12(7-5-11)18-22(19,20)15-9-8-14(21-15)13-3-1-2-10-17-13/h1-10,18H. The van der Waals surface area contributed by atoms with Crippen molar-refractivity contribution < 1.29 is 8.42 Å². The maximum Gasteiger partial charge on any atom is 0.271 e. The molecule has 0 aliphatic carbocycles. The smallest absolute Gasteiger partial charge is 0.271 e. The number of halogens is 1. The van der Waals surface area contributed by atoms with Gasteiger partial charge in [0, 0.05) is 16.9 Å². The number of pyridine rings is 1. The van der Waals surface area contributed by atoms with E-state index in [1.54, 1.807) is 42.6 Å². The fraction of sp³-hybridized carbons (Fsp3) is 0. The van der Waals surface area contributed by atoms with Crippen molar-refractivity contribution in [3.8, 4) is 10.6 Å². The van der Waals surface area contributed by atoms with Crippen LogP contribution in [0.3, 0.4) is 0 Å². The molecule has 0 aliphatic rings. The third kappa shape index (κ3) is 3.30. The van der Waals surface area contributed by atoms with Gasteiger partial charge in [-0.1, -0.05) is 17.7 Å². The van der Waals surface area contributed by atoms with Crippen molar-refractivity contribution in [2.24, 2.45) is 0 Å². The zero-order valence-corrected chi connectivity index (χ0v) is 13.6. The van der Waals surface area contributed by atoms with Gasteiger partial charge in [0.05, 0.1) is 10.6 Å². The van der Waals surface area contributed by atoms with Crippen LogP contribution in [0.25, 0.3) is 10.6 Å². The number of hydrogen-bond donors (Lipinski definition) is 1. The normalized spacial score (nSPS) is 11.3. The molecule has 7 heteroatoms. The van der Waals surface area contributed by atoms with Crippen molar-refractivity contribution in [2.75, 3.05) is 4.72 Å². The molecule has 0 saturated heterocycles. The van der Waals surface area contributed by atoms with Gasteiger partial charge in [-0.25, -0.2) is 8.42 Å². The molecule has 1 aromatic carbocycles. The SMILES string of the molecule is O=S(=O)(Nc1ccc(Cl)cc1)c1ccc(-c2ccccn2)s1. The van der Waals surface area contributed by atoms with Gasteiger partial charge < -0.3 is 0 Å². The van der Waals surface area contributed by atoms with E-state index in [-0.39, 0.29) is 4.21 Å². The summed E-state index contributed by atoms with van der Waals surface area (Å²) in [6, 6.07) is 15.4. The molecule has 0 aliphatic heterocycles. The van der Waals surface area contributed by atoms with E-state index in [0.29, 0.717) is 10.7 Å². The van der Waals surface area contributed by atoms with Crippen molar-refractivity contribution in [3.05, 3.63) is 65.8 Å². The Kier molecular flexibility index (Phi) is 4.15. The number of nitrogens with one attached hydrogen (secondary N) is 1. The second kappa shape index (κ2) is 6.08. The summed E-state index contributed by atoms with van der Waals surface area (Å²) in [6.07, 6.45) is 1.68. The van der Waals surface area contributed by atoms with Gasteiger partial charge in [0.1, 0.15) is 4.21 Å². The van der Waals surface area contributed by atoms with Crippen molar-refractivity contribution in [1.29, 1.82) is 0 Å². The fourth-order valence-electron chi connectivity index (χ4n) is 1.83. The van der Waals surface area contributed by atoms with E-state index in [1.165, 1.54) is 11.3 Å². The Labute approximate surface area is 137 Å². The van der Waals surface area contributed by atoms with Gasteiger partial charge in [-0.15, -0.1) is 11.3 Å². The lowest BCUT2D eigenvalue weighted by Crippen LogP contribution is -2.11. The predicted molar refractivity (Wildman–Crippen MR) is 89.8 cm³/mol. The molecule has 0 saturated carbocycles. The van der Waals surface area contributed by atoms with Gasteiger partial charge >= 0.3 is 0 Å². The highest BCUT2D eigenvalue weighted by atomic mass is 35.5. The summed E-state index contributed by atoms with van der Waals surface area (Å²) in [7, 11) is -3.62. The fourth-order valence-corrected chi connectivity index (χ4v) is 4.30. The largest absolute Gasteiger partial charge is 0.279 e. The molecule has 0 fully saturated rings. The topological polar surface area (TPSA) is 59.1 Å². The molecule has 4 nitrogen and oxygen atoms in total. The lowest BCUT2D eigenvalue weighted by atomic mass is 10.3. The van der Waals surface area contributed by atoms with Crippen LogP contribution in [0, 0.1) is 0 Å². The Balaban J connectivity index is 1.87. The van der Waals surface area contributed by atoms with E-state index in [9.17, 15) is 8.42 Å².